The normalized spacial score (nSPS) is 14.6. The monoisotopic (exact) mass is 243 g/mol. The second-order valence-electron chi connectivity index (χ2n) is 4.97. The topological polar surface area (TPSA) is 75.6 Å². The molecule has 0 fully saturated rings. The highest BCUT2D eigenvalue weighted by Gasteiger charge is 2.26. The summed E-state index contributed by atoms with van der Waals surface area (Å²) in [5, 5.41) is 11.1. The molecule has 2 unspecified atom stereocenters. The van der Waals surface area contributed by atoms with Crippen molar-refractivity contribution in [1.29, 1.82) is 0 Å². The van der Waals surface area contributed by atoms with Gasteiger partial charge in [-0.1, -0.05) is 26.8 Å². The molecule has 0 aliphatic rings. The average Bonchev–Trinajstić information content (AvgIpc) is 2.15. The Labute approximate surface area is 102 Å². The molecule has 5 nitrogen and oxygen atoms in total. The van der Waals surface area contributed by atoms with Crippen LogP contribution in [0.25, 0.3) is 0 Å². The largest absolute Gasteiger partial charge is 0.480 e. The van der Waals surface area contributed by atoms with E-state index in [1.54, 1.807) is 6.92 Å². The molecule has 1 amide bonds. The van der Waals surface area contributed by atoms with Crippen LogP contribution in [-0.2, 0) is 9.53 Å². The van der Waals surface area contributed by atoms with Gasteiger partial charge in [-0.2, -0.15) is 0 Å². The van der Waals surface area contributed by atoms with Crippen molar-refractivity contribution in [1.82, 2.24) is 5.32 Å². The number of aliphatic carboxylic acids is 1. The third kappa shape index (κ3) is 5.94. The Morgan fingerprint density at radius 3 is 2.35 bits per heavy atom. The Morgan fingerprint density at radius 1 is 1.47 bits per heavy atom. The van der Waals surface area contributed by atoms with Crippen LogP contribution < -0.4 is 5.32 Å². The van der Waals surface area contributed by atoms with Crippen molar-refractivity contribution in [2.45, 2.75) is 46.3 Å². The summed E-state index contributed by atoms with van der Waals surface area (Å²) in [6, 6.07) is -0.993. The molecule has 0 heterocycles. The van der Waals surface area contributed by atoms with Crippen LogP contribution >= 0.6 is 0 Å². The van der Waals surface area contributed by atoms with Crippen molar-refractivity contribution in [2.24, 2.45) is 5.41 Å². The fraction of sp³-hybridized carbons (Fsp3) is 0.667. The summed E-state index contributed by atoms with van der Waals surface area (Å²) < 4.78 is 5.09. The predicted octanol–water partition coefficient (Wildman–Crippen LogP) is 2.18. The Bertz CT molecular complexity index is 293. The highest BCUT2D eigenvalue weighted by Crippen LogP contribution is 2.21. The Balaban J connectivity index is 4.33. The van der Waals surface area contributed by atoms with Crippen molar-refractivity contribution in [2.75, 3.05) is 0 Å². The van der Waals surface area contributed by atoms with Crippen molar-refractivity contribution in [3.63, 3.8) is 0 Å². The maximum absolute atomic E-state index is 11.5. The highest BCUT2D eigenvalue weighted by molar-refractivity contribution is 5.80. The molecule has 98 valence electrons. The van der Waals surface area contributed by atoms with E-state index < -0.39 is 18.1 Å². The van der Waals surface area contributed by atoms with Gasteiger partial charge in [-0.25, -0.2) is 9.59 Å². The average molecular weight is 243 g/mol. The lowest BCUT2D eigenvalue weighted by molar-refractivity contribution is -0.139. The van der Waals surface area contributed by atoms with Crippen molar-refractivity contribution in [3.05, 3.63) is 12.7 Å². The van der Waals surface area contributed by atoms with E-state index in [2.05, 4.69) is 11.9 Å². The zero-order valence-corrected chi connectivity index (χ0v) is 10.8. The van der Waals surface area contributed by atoms with Gasteiger partial charge < -0.3 is 15.2 Å². The molecule has 2 N–H and O–H groups in total. The number of hydrogen-bond donors (Lipinski definition) is 2. The van der Waals surface area contributed by atoms with E-state index >= 15 is 0 Å². The van der Waals surface area contributed by atoms with Crippen molar-refractivity contribution in [3.8, 4) is 0 Å². The van der Waals surface area contributed by atoms with Crippen LogP contribution in [0.2, 0.25) is 0 Å². The fourth-order valence-electron chi connectivity index (χ4n) is 0.902. The molecule has 17 heavy (non-hydrogen) atoms. The van der Waals surface area contributed by atoms with Gasteiger partial charge in [0.1, 0.15) is 12.1 Å². The smallest absolute Gasteiger partial charge is 0.408 e. The van der Waals surface area contributed by atoms with Crippen molar-refractivity contribution < 1.29 is 19.4 Å². The summed E-state index contributed by atoms with van der Waals surface area (Å²) in [4.78, 5) is 22.2. The first kappa shape index (κ1) is 15.5. The number of carbonyl (C=O) groups is 2. The molecule has 0 aromatic rings. The summed E-state index contributed by atoms with van der Waals surface area (Å²) >= 11 is 0. The van der Waals surface area contributed by atoms with Gasteiger partial charge in [0.25, 0.3) is 0 Å². The number of alkyl carbamates (subject to hydrolysis) is 1. The van der Waals surface area contributed by atoms with E-state index in [1.165, 1.54) is 6.08 Å². The minimum atomic E-state index is -1.11. The summed E-state index contributed by atoms with van der Waals surface area (Å²) in [7, 11) is 0. The number of carboxylic acid groups (broad SMARTS) is 1. The summed E-state index contributed by atoms with van der Waals surface area (Å²) in [5.74, 6) is -1.11. The van der Waals surface area contributed by atoms with Gasteiger partial charge in [-0.3, -0.25) is 0 Å². The number of nitrogens with one attached hydrogen (secondary N) is 1. The lowest BCUT2D eigenvalue weighted by Crippen LogP contribution is -2.43. The quantitative estimate of drug-likeness (QED) is 0.726. The zero-order valence-electron chi connectivity index (χ0n) is 10.8. The van der Waals surface area contributed by atoms with Gasteiger partial charge in [0.05, 0.1) is 0 Å². The number of amides is 1. The molecule has 0 aromatic carbocycles. The van der Waals surface area contributed by atoms with Crippen LogP contribution in [0.3, 0.4) is 0 Å². The first-order valence-electron chi connectivity index (χ1n) is 5.49. The van der Waals surface area contributed by atoms with Crippen molar-refractivity contribution >= 4 is 12.1 Å². The fourth-order valence-corrected chi connectivity index (χ4v) is 0.902. The Morgan fingerprint density at radius 2 is 2.00 bits per heavy atom. The Kier molecular flexibility index (Phi) is 5.71. The predicted molar refractivity (Wildman–Crippen MR) is 64.8 cm³/mol. The van der Waals surface area contributed by atoms with Gasteiger partial charge in [-0.05, 0) is 18.8 Å². The maximum atomic E-state index is 11.5. The molecule has 0 spiro atoms. The van der Waals surface area contributed by atoms with Gasteiger partial charge >= 0.3 is 12.1 Å². The highest BCUT2D eigenvalue weighted by atomic mass is 16.6. The molecular weight excluding hydrogens is 222 g/mol. The zero-order chi connectivity index (χ0) is 13.6. The standard InChI is InChI=1S/C12H21NO4/c1-6-7-9(10(14)15)13-11(16)17-8(2)12(3,4)5/h6,8-9H,1,7H2,2-5H3,(H,13,16)(H,14,15). The van der Waals surface area contributed by atoms with E-state index in [9.17, 15) is 9.59 Å². The minimum Gasteiger partial charge on any atom is -0.480 e. The van der Waals surface area contributed by atoms with Crippen LogP contribution in [0.4, 0.5) is 4.79 Å². The van der Waals surface area contributed by atoms with Crippen LogP contribution in [0.5, 0.6) is 0 Å². The van der Waals surface area contributed by atoms with Gasteiger partial charge in [0.2, 0.25) is 0 Å². The third-order valence-electron chi connectivity index (χ3n) is 2.50. The molecule has 0 aromatic heterocycles. The van der Waals surface area contributed by atoms with Crippen LogP contribution in [-0.4, -0.2) is 29.3 Å². The molecule has 0 aliphatic carbocycles. The molecule has 5 heteroatoms. The summed E-state index contributed by atoms with van der Waals surface area (Å²) in [6.45, 7) is 11.0. The second-order valence-corrected chi connectivity index (χ2v) is 4.97. The van der Waals surface area contributed by atoms with E-state index in [4.69, 9.17) is 9.84 Å². The number of carboxylic acids is 1. The molecule has 0 saturated heterocycles. The molecular formula is C12H21NO4. The van der Waals surface area contributed by atoms with Gasteiger partial charge in [0.15, 0.2) is 0 Å². The lowest BCUT2D eigenvalue weighted by atomic mass is 9.90. The van der Waals surface area contributed by atoms with E-state index in [0.29, 0.717) is 0 Å². The van der Waals surface area contributed by atoms with E-state index in [1.807, 2.05) is 20.8 Å². The Hall–Kier alpha value is -1.52. The lowest BCUT2D eigenvalue weighted by Gasteiger charge is -2.27. The maximum Gasteiger partial charge on any atom is 0.408 e. The molecule has 0 bridgehead atoms. The van der Waals surface area contributed by atoms with E-state index in [-0.39, 0.29) is 17.9 Å². The molecule has 0 saturated carbocycles. The SMILES string of the molecule is C=CCC(NC(=O)OC(C)C(C)(C)C)C(=O)O. The van der Waals surface area contributed by atoms with Gasteiger partial charge in [-0.15, -0.1) is 6.58 Å². The number of rotatable bonds is 5. The molecule has 0 aliphatic heterocycles. The van der Waals surface area contributed by atoms with Crippen LogP contribution in [0.1, 0.15) is 34.1 Å². The molecule has 2 atom stereocenters. The third-order valence-corrected chi connectivity index (χ3v) is 2.50. The first-order valence-corrected chi connectivity index (χ1v) is 5.49. The number of ether oxygens (including phenoxy) is 1. The number of hydrogen-bond acceptors (Lipinski definition) is 3. The van der Waals surface area contributed by atoms with Crippen LogP contribution in [0.15, 0.2) is 12.7 Å². The minimum absolute atomic E-state index is 0.161. The second kappa shape index (κ2) is 6.27. The first-order chi connectivity index (χ1) is 7.68. The molecule has 0 rings (SSSR count). The summed E-state index contributed by atoms with van der Waals surface area (Å²) in [6.07, 6.45) is 0.572. The summed E-state index contributed by atoms with van der Waals surface area (Å²) in [5.41, 5.74) is -0.186. The van der Waals surface area contributed by atoms with Gasteiger partial charge in [0, 0.05) is 0 Å². The molecule has 0 radical (unpaired) electrons. The number of carbonyl (C=O) groups excluding carboxylic acids is 1. The van der Waals surface area contributed by atoms with Crippen LogP contribution in [0, 0.1) is 5.41 Å². The van der Waals surface area contributed by atoms with E-state index in [0.717, 1.165) is 0 Å².